The summed E-state index contributed by atoms with van der Waals surface area (Å²) in [6, 6.07) is 8.06. The van der Waals surface area contributed by atoms with Crippen molar-refractivity contribution in [3.05, 3.63) is 41.2 Å². The molecule has 0 aliphatic carbocycles. The lowest BCUT2D eigenvalue weighted by molar-refractivity contribution is 0.414. The van der Waals surface area contributed by atoms with Crippen LogP contribution in [-0.2, 0) is 6.42 Å². The Morgan fingerprint density at radius 2 is 1.85 bits per heavy atom. The van der Waals surface area contributed by atoms with Gasteiger partial charge < -0.3 is 15.8 Å². The smallest absolute Gasteiger partial charge is 0.134 e. The molecule has 0 atom stereocenters. The Morgan fingerprint density at radius 3 is 2.50 bits per heavy atom. The number of nitrogen functional groups attached to an aromatic ring is 1. The molecule has 0 spiro atoms. The average molecular weight is 272 g/mol. The minimum Gasteiger partial charge on any atom is -0.497 e. The lowest BCUT2D eigenvalue weighted by Gasteiger charge is -2.11. The van der Waals surface area contributed by atoms with Gasteiger partial charge in [-0.3, -0.25) is 0 Å². The summed E-state index contributed by atoms with van der Waals surface area (Å²) < 4.78 is 5.14. The van der Waals surface area contributed by atoms with Gasteiger partial charge in [-0.05, 0) is 38.0 Å². The van der Waals surface area contributed by atoms with Crippen LogP contribution in [0.25, 0.3) is 0 Å². The first kappa shape index (κ1) is 14.1. The van der Waals surface area contributed by atoms with Crippen molar-refractivity contribution in [2.24, 2.45) is 0 Å². The van der Waals surface area contributed by atoms with Gasteiger partial charge in [0.1, 0.15) is 23.2 Å². The van der Waals surface area contributed by atoms with Gasteiger partial charge in [0, 0.05) is 12.1 Å². The van der Waals surface area contributed by atoms with E-state index < -0.39 is 0 Å². The van der Waals surface area contributed by atoms with Crippen molar-refractivity contribution in [3.8, 4) is 5.75 Å². The SMILES string of the molecule is COc1ccc(CCNc2nc(C)nc(N)c2C)cc1. The van der Waals surface area contributed by atoms with Crippen molar-refractivity contribution < 1.29 is 4.74 Å². The maximum atomic E-state index is 5.83. The first-order valence-electron chi connectivity index (χ1n) is 6.57. The van der Waals surface area contributed by atoms with Crippen molar-refractivity contribution >= 4 is 11.6 Å². The summed E-state index contributed by atoms with van der Waals surface area (Å²) in [6.07, 6.45) is 0.909. The molecule has 20 heavy (non-hydrogen) atoms. The molecule has 0 unspecified atom stereocenters. The van der Waals surface area contributed by atoms with Crippen LogP contribution in [0.3, 0.4) is 0 Å². The number of aromatic nitrogens is 2. The molecule has 0 aliphatic heterocycles. The summed E-state index contributed by atoms with van der Waals surface area (Å²) in [7, 11) is 1.67. The highest BCUT2D eigenvalue weighted by Crippen LogP contribution is 2.17. The number of anilines is 2. The monoisotopic (exact) mass is 272 g/mol. The van der Waals surface area contributed by atoms with Crippen molar-refractivity contribution in [2.45, 2.75) is 20.3 Å². The molecule has 2 aromatic rings. The molecular formula is C15H20N4O. The highest BCUT2D eigenvalue weighted by molar-refractivity contribution is 5.54. The van der Waals surface area contributed by atoms with Gasteiger partial charge in [0.15, 0.2) is 0 Å². The Labute approximate surface area is 119 Å². The highest BCUT2D eigenvalue weighted by Gasteiger charge is 2.05. The van der Waals surface area contributed by atoms with E-state index in [0.717, 1.165) is 30.1 Å². The number of nitrogens with two attached hydrogens (primary N) is 1. The van der Waals surface area contributed by atoms with Crippen LogP contribution >= 0.6 is 0 Å². The molecule has 106 valence electrons. The number of nitrogens with zero attached hydrogens (tertiary/aromatic N) is 2. The first-order valence-corrected chi connectivity index (χ1v) is 6.57. The van der Waals surface area contributed by atoms with Crippen molar-refractivity contribution in [1.82, 2.24) is 9.97 Å². The summed E-state index contributed by atoms with van der Waals surface area (Å²) >= 11 is 0. The van der Waals surface area contributed by atoms with Crippen LogP contribution in [0, 0.1) is 13.8 Å². The van der Waals surface area contributed by atoms with E-state index in [1.807, 2.05) is 26.0 Å². The van der Waals surface area contributed by atoms with E-state index in [9.17, 15) is 0 Å². The molecule has 3 N–H and O–H groups in total. The molecule has 0 aliphatic rings. The Hall–Kier alpha value is -2.30. The van der Waals surface area contributed by atoms with E-state index in [1.54, 1.807) is 7.11 Å². The Morgan fingerprint density at radius 1 is 1.15 bits per heavy atom. The average Bonchev–Trinajstić information content (AvgIpc) is 2.44. The molecule has 0 amide bonds. The molecule has 0 saturated carbocycles. The molecular weight excluding hydrogens is 252 g/mol. The Kier molecular flexibility index (Phi) is 4.40. The summed E-state index contributed by atoms with van der Waals surface area (Å²) in [5.41, 5.74) is 7.97. The van der Waals surface area contributed by atoms with Gasteiger partial charge in [-0.15, -0.1) is 0 Å². The lowest BCUT2D eigenvalue weighted by atomic mass is 10.1. The summed E-state index contributed by atoms with van der Waals surface area (Å²) in [5.74, 6) is 2.89. The van der Waals surface area contributed by atoms with Crippen molar-refractivity contribution in [2.75, 3.05) is 24.7 Å². The first-order chi connectivity index (χ1) is 9.60. The van der Waals surface area contributed by atoms with Gasteiger partial charge in [-0.25, -0.2) is 9.97 Å². The molecule has 1 aromatic carbocycles. The second-order valence-electron chi connectivity index (χ2n) is 4.65. The number of hydrogen-bond donors (Lipinski definition) is 2. The standard InChI is InChI=1S/C15H20N4O/c1-10-14(16)18-11(2)19-15(10)17-9-8-12-4-6-13(20-3)7-5-12/h4-7H,8-9H2,1-3H3,(H3,16,17,18,19). The quantitative estimate of drug-likeness (QED) is 0.874. The third-order valence-corrected chi connectivity index (χ3v) is 3.16. The fraction of sp³-hybridized carbons (Fsp3) is 0.333. The maximum absolute atomic E-state index is 5.83. The molecule has 0 bridgehead atoms. The third kappa shape index (κ3) is 3.38. The van der Waals surface area contributed by atoms with Crippen LogP contribution in [0.4, 0.5) is 11.6 Å². The second kappa shape index (κ2) is 6.23. The predicted octanol–water partition coefficient (Wildman–Crippen LogP) is 2.34. The van der Waals surface area contributed by atoms with Gasteiger partial charge in [0.25, 0.3) is 0 Å². The van der Waals surface area contributed by atoms with Gasteiger partial charge in [-0.1, -0.05) is 12.1 Å². The zero-order valence-corrected chi connectivity index (χ0v) is 12.1. The Bertz CT molecular complexity index is 581. The number of hydrogen-bond acceptors (Lipinski definition) is 5. The van der Waals surface area contributed by atoms with E-state index in [1.165, 1.54) is 5.56 Å². The number of ether oxygens (including phenoxy) is 1. The van der Waals surface area contributed by atoms with E-state index in [0.29, 0.717) is 11.6 Å². The molecule has 1 aromatic heterocycles. The minimum atomic E-state index is 0.532. The van der Waals surface area contributed by atoms with Crippen LogP contribution in [0.15, 0.2) is 24.3 Å². The summed E-state index contributed by atoms with van der Waals surface area (Å²) in [4.78, 5) is 8.50. The second-order valence-corrected chi connectivity index (χ2v) is 4.65. The molecule has 1 heterocycles. The van der Waals surface area contributed by atoms with Crippen molar-refractivity contribution in [3.63, 3.8) is 0 Å². The van der Waals surface area contributed by atoms with E-state index in [-0.39, 0.29) is 0 Å². The van der Waals surface area contributed by atoms with Gasteiger partial charge in [0.05, 0.1) is 7.11 Å². The molecule has 0 fully saturated rings. The van der Waals surface area contributed by atoms with Crippen LogP contribution < -0.4 is 15.8 Å². The van der Waals surface area contributed by atoms with Gasteiger partial charge >= 0.3 is 0 Å². The van der Waals surface area contributed by atoms with Crippen LogP contribution in [0.5, 0.6) is 5.75 Å². The fourth-order valence-electron chi connectivity index (χ4n) is 1.94. The summed E-state index contributed by atoms with van der Waals surface area (Å²) in [5, 5.41) is 3.31. The van der Waals surface area contributed by atoms with Crippen LogP contribution in [0.2, 0.25) is 0 Å². The van der Waals surface area contributed by atoms with E-state index >= 15 is 0 Å². The van der Waals surface area contributed by atoms with E-state index in [2.05, 4.69) is 27.4 Å². The zero-order chi connectivity index (χ0) is 14.5. The topological polar surface area (TPSA) is 73.1 Å². The van der Waals surface area contributed by atoms with Gasteiger partial charge in [-0.2, -0.15) is 0 Å². The van der Waals surface area contributed by atoms with E-state index in [4.69, 9.17) is 10.5 Å². The molecule has 5 nitrogen and oxygen atoms in total. The van der Waals surface area contributed by atoms with Crippen LogP contribution in [-0.4, -0.2) is 23.6 Å². The minimum absolute atomic E-state index is 0.532. The predicted molar refractivity (Wildman–Crippen MR) is 81.1 cm³/mol. The normalized spacial score (nSPS) is 10.3. The number of methoxy groups -OCH3 is 1. The highest BCUT2D eigenvalue weighted by atomic mass is 16.5. The number of benzene rings is 1. The molecule has 0 saturated heterocycles. The van der Waals surface area contributed by atoms with Crippen LogP contribution in [0.1, 0.15) is 17.0 Å². The lowest BCUT2D eigenvalue weighted by Crippen LogP contribution is -2.10. The number of rotatable bonds is 5. The number of nitrogens with one attached hydrogen (secondary N) is 1. The van der Waals surface area contributed by atoms with Gasteiger partial charge in [0.2, 0.25) is 0 Å². The largest absolute Gasteiger partial charge is 0.497 e. The molecule has 0 radical (unpaired) electrons. The zero-order valence-electron chi connectivity index (χ0n) is 12.1. The van der Waals surface area contributed by atoms with Crippen molar-refractivity contribution in [1.29, 1.82) is 0 Å². The fourth-order valence-corrected chi connectivity index (χ4v) is 1.94. The maximum Gasteiger partial charge on any atom is 0.134 e. The molecule has 5 heteroatoms. The summed E-state index contributed by atoms with van der Waals surface area (Å²) in [6.45, 7) is 4.55. The third-order valence-electron chi connectivity index (χ3n) is 3.16. The molecule has 2 rings (SSSR count). The Balaban J connectivity index is 1.95. The number of aryl methyl sites for hydroxylation is 1.